The molecule has 0 spiro atoms. The zero-order chi connectivity index (χ0) is 16.9. The summed E-state index contributed by atoms with van der Waals surface area (Å²) in [6.45, 7) is 0.933. The van der Waals surface area contributed by atoms with Crippen molar-refractivity contribution in [2.45, 2.75) is 31.8 Å². The van der Waals surface area contributed by atoms with Crippen molar-refractivity contribution in [1.29, 1.82) is 0 Å². The summed E-state index contributed by atoms with van der Waals surface area (Å²) in [6.07, 6.45) is 2.52. The van der Waals surface area contributed by atoms with Gasteiger partial charge in [0.25, 0.3) is 5.91 Å². The van der Waals surface area contributed by atoms with E-state index in [4.69, 9.17) is 0 Å². The number of halogens is 1. The number of hydrogen-bond donors (Lipinski definition) is 1. The van der Waals surface area contributed by atoms with Gasteiger partial charge in [0.2, 0.25) is 5.91 Å². The maximum Gasteiger partial charge on any atom is 0.264 e. The minimum Gasteiger partial charge on any atom is -0.350 e. The topological polar surface area (TPSA) is 49.4 Å². The van der Waals surface area contributed by atoms with Crippen LogP contribution in [0.3, 0.4) is 0 Å². The van der Waals surface area contributed by atoms with E-state index in [2.05, 4.69) is 5.32 Å². The lowest BCUT2D eigenvalue weighted by Crippen LogP contribution is -2.51. The third kappa shape index (κ3) is 3.82. The zero-order valence-corrected chi connectivity index (χ0v) is 14.0. The molecule has 1 N–H and O–H groups in total. The van der Waals surface area contributed by atoms with E-state index in [1.807, 2.05) is 11.4 Å². The molecule has 3 rings (SSSR count). The lowest BCUT2D eigenvalue weighted by Gasteiger charge is -2.34. The molecule has 0 aliphatic carbocycles. The minimum absolute atomic E-state index is 0.0772. The summed E-state index contributed by atoms with van der Waals surface area (Å²) < 4.78 is 12.9. The Balaban J connectivity index is 1.65. The van der Waals surface area contributed by atoms with E-state index in [0.717, 1.165) is 18.4 Å². The van der Waals surface area contributed by atoms with Crippen LogP contribution in [0.2, 0.25) is 0 Å². The standard InChI is InChI=1S/C18H19FN2O2S/c19-14-8-6-13(7-9-14)12-20-17(22)15-4-1-2-10-21(15)18(23)16-5-3-11-24-16/h3,5-9,11,15H,1-2,4,10,12H2,(H,20,22)/t15-/m0/s1. The number of hydrogen-bond acceptors (Lipinski definition) is 3. The van der Waals surface area contributed by atoms with Gasteiger partial charge in [0.15, 0.2) is 0 Å². The van der Waals surface area contributed by atoms with Crippen molar-refractivity contribution < 1.29 is 14.0 Å². The highest BCUT2D eigenvalue weighted by Gasteiger charge is 2.32. The number of nitrogens with one attached hydrogen (secondary N) is 1. The number of piperidine rings is 1. The smallest absolute Gasteiger partial charge is 0.264 e. The molecule has 4 nitrogen and oxygen atoms in total. The molecule has 0 radical (unpaired) electrons. The van der Waals surface area contributed by atoms with Crippen LogP contribution >= 0.6 is 11.3 Å². The Bertz CT molecular complexity index is 700. The highest BCUT2D eigenvalue weighted by Crippen LogP contribution is 2.22. The van der Waals surface area contributed by atoms with Crippen LogP contribution in [0.25, 0.3) is 0 Å². The molecule has 1 atom stereocenters. The highest BCUT2D eigenvalue weighted by molar-refractivity contribution is 7.12. The number of likely N-dealkylation sites (tertiary alicyclic amines) is 1. The van der Waals surface area contributed by atoms with Crippen LogP contribution in [0.5, 0.6) is 0 Å². The predicted octanol–water partition coefficient (Wildman–Crippen LogP) is 3.20. The van der Waals surface area contributed by atoms with E-state index >= 15 is 0 Å². The highest BCUT2D eigenvalue weighted by atomic mass is 32.1. The van der Waals surface area contributed by atoms with E-state index in [1.165, 1.54) is 23.5 Å². The van der Waals surface area contributed by atoms with Gasteiger partial charge < -0.3 is 10.2 Å². The van der Waals surface area contributed by atoms with Crippen LogP contribution in [0, 0.1) is 5.82 Å². The van der Waals surface area contributed by atoms with Crippen molar-refractivity contribution in [2.24, 2.45) is 0 Å². The number of benzene rings is 1. The number of carbonyl (C=O) groups is 2. The molecule has 1 aromatic carbocycles. The van der Waals surface area contributed by atoms with Crippen LogP contribution < -0.4 is 5.32 Å². The van der Waals surface area contributed by atoms with Gasteiger partial charge in [0, 0.05) is 13.1 Å². The first-order valence-electron chi connectivity index (χ1n) is 8.02. The number of amides is 2. The monoisotopic (exact) mass is 346 g/mol. The van der Waals surface area contributed by atoms with Gasteiger partial charge in [-0.1, -0.05) is 18.2 Å². The summed E-state index contributed by atoms with van der Waals surface area (Å²) in [5, 5.41) is 4.73. The van der Waals surface area contributed by atoms with Gasteiger partial charge in [0.1, 0.15) is 11.9 Å². The summed E-state index contributed by atoms with van der Waals surface area (Å²) >= 11 is 1.39. The first-order valence-corrected chi connectivity index (χ1v) is 8.90. The quantitative estimate of drug-likeness (QED) is 0.924. The number of nitrogens with zero attached hydrogens (tertiary/aromatic N) is 1. The molecule has 0 unspecified atom stereocenters. The van der Waals surface area contributed by atoms with E-state index in [9.17, 15) is 14.0 Å². The molecule has 6 heteroatoms. The third-order valence-electron chi connectivity index (χ3n) is 4.18. The van der Waals surface area contributed by atoms with Crippen molar-refractivity contribution in [3.63, 3.8) is 0 Å². The van der Waals surface area contributed by atoms with Crippen molar-refractivity contribution in [2.75, 3.05) is 6.54 Å². The maximum absolute atomic E-state index is 12.9. The molecule has 2 amide bonds. The second kappa shape index (κ2) is 7.57. The Kier molecular flexibility index (Phi) is 5.25. The maximum atomic E-state index is 12.9. The minimum atomic E-state index is -0.436. The summed E-state index contributed by atoms with van der Waals surface area (Å²) in [4.78, 5) is 27.5. The van der Waals surface area contributed by atoms with Gasteiger partial charge in [-0.3, -0.25) is 9.59 Å². The molecule has 0 saturated carbocycles. The molecule has 1 saturated heterocycles. The molecule has 1 aliphatic rings. The first-order chi connectivity index (χ1) is 11.6. The van der Waals surface area contributed by atoms with Crippen LogP contribution in [0.1, 0.15) is 34.5 Å². The Morgan fingerprint density at radius 1 is 1.21 bits per heavy atom. The van der Waals surface area contributed by atoms with Gasteiger partial charge in [-0.25, -0.2) is 4.39 Å². The van der Waals surface area contributed by atoms with E-state index in [0.29, 0.717) is 24.4 Å². The van der Waals surface area contributed by atoms with Crippen molar-refractivity contribution in [1.82, 2.24) is 10.2 Å². The number of thiophene rings is 1. The van der Waals surface area contributed by atoms with Gasteiger partial charge in [-0.2, -0.15) is 0 Å². The summed E-state index contributed by atoms with van der Waals surface area (Å²) in [5.74, 6) is -0.527. The summed E-state index contributed by atoms with van der Waals surface area (Å²) in [6, 6.07) is 9.22. The largest absolute Gasteiger partial charge is 0.350 e. The SMILES string of the molecule is O=C(NCc1ccc(F)cc1)[C@@H]1CCCCN1C(=O)c1cccs1. The lowest BCUT2D eigenvalue weighted by molar-refractivity contribution is -0.126. The second-order valence-corrected chi connectivity index (χ2v) is 6.78. The van der Waals surface area contributed by atoms with E-state index in [1.54, 1.807) is 23.1 Å². The Morgan fingerprint density at radius 2 is 2.00 bits per heavy atom. The van der Waals surface area contributed by atoms with Crippen molar-refractivity contribution in [3.8, 4) is 0 Å². The van der Waals surface area contributed by atoms with E-state index < -0.39 is 6.04 Å². The summed E-state index contributed by atoms with van der Waals surface area (Å²) in [7, 11) is 0. The van der Waals surface area contributed by atoms with Gasteiger partial charge in [0.05, 0.1) is 4.88 Å². The van der Waals surface area contributed by atoms with Crippen molar-refractivity contribution >= 4 is 23.2 Å². The average Bonchev–Trinajstić information content (AvgIpc) is 3.15. The van der Waals surface area contributed by atoms with Gasteiger partial charge in [-0.05, 0) is 48.4 Å². The molecule has 24 heavy (non-hydrogen) atoms. The molecule has 2 aromatic rings. The van der Waals surface area contributed by atoms with Crippen molar-refractivity contribution in [3.05, 3.63) is 58.0 Å². The fraction of sp³-hybridized carbons (Fsp3) is 0.333. The molecular formula is C18H19FN2O2S. The second-order valence-electron chi connectivity index (χ2n) is 5.83. The average molecular weight is 346 g/mol. The molecule has 1 aromatic heterocycles. The molecule has 2 heterocycles. The fourth-order valence-corrected chi connectivity index (χ4v) is 3.58. The Morgan fingerprint density at radius 3 is 2.71 bits per heavy atom. The van der Waals surface area contributed by atoms with Gasteiger partial charge >= 0.3 is 0 Å². The molecule has 126 valence electrons. The van der Waals surface area contributed by atoms with Crippen LogP contribution in [0.4, 0.5) is 4.39 Å². The first kappa shape index (κ1) is 16.6. The Labute approximate surface area is 144 Å². The zero-order valence-electron chi connectivity index (χ0n) is 13.2. The van der Waals surface area contributed by atoms with Crippen LogP contribution in [-0.2, 0) is 11.3 Å². The van der Waals surface area contributed by atoms with E-state index in [-0.39, 0.29) is 17.6 Å². The molecule has 1 fully saturated rings. The number of rotatable bonds is 4. The van der Waals surface area contributed by atoms with Gasteiger partial charge in [-0.15, -0.1) is 11.3 Å². The molecule has 1 aliphatic heterocycles. The lowest BCUT2D eigenvalue weighted by atomic mass is 10.0. The Hall–Kier alpha value is -2.21. The van der Waals surface area contributed by atoms with Crippen LogP contribution in [0.15, 0.2) is 41.8 Å². The fourth-order valence-electron chi connectivity index (χ4n) is 2.90. The predicted molar refractivity (Wildman–Crippen MR) is 91.2 cm³/mol. The summed E-state index contributed by atoms with van der Waals surface area (Å²) in [5.41, 5.74) is 0.830. The normalized spacial score (nSPS) is 17.5. The van der Waals surface area contributed by atoms with Crippen LogP contribution in [-0.4, -0.2) is 29.3 Å². The third-order valence-corrected chi connectivity index (χ3v) is 5.04. The molecule has 0 bridgehead atoms. The molecular weight excluding hydrogens is 327 g/mol. The number of carbonyl (C=O) groups excluding carboxylic acids is 2.